The highest BCUT2D eigenvalue weighted by Crippen LogP contribution is 2.38. The van der Waals surface area contributed by atoms with Crippen molar-refractivity contribution in [1.82, 2.24) is 9.97 Å². The van der Waals surface area contributed by atoms with E-state index in [1.54, 1.807) is 24.4 Å². The van der Waals surface area contributed by atoms with E-state index in [-0.39, 0.29) is 5.69 Å². The topological polar surface area (TPSA) is 102 Å². The Balaban J connectivity index is 1.87. The maximum Gasteiger partial charge on any atom is 0.346 e. The van der Waals surface area contributed by atoms with Crippen LogP contribution in [-0.2, 0) is 0 Å². The number of benzene rings is 3. The number of nitro groups is 1. The molecule has 0 unspecified atom stereocenters. The Morgan fingerprint density at radius 3 is 2.52 bits per heavy atom. The first-order chi connectivity index (χ1) is 15.1. The van der Waals surface area contributed by atoms with Gasteiger partial charge in [-0.1, -0.05) is 24.3 Å². The molecule has 3 aromatic carbocycles. The quantitative estimate of drug-likeness (QED) is 0.133. The van der Waals surface area contributed by atoms with Crippen molar-refractivity contribution >= 4 is 49.4 Å². The van der Waals surface area contributed by atoms with Crippen molar-refractivity contribution in [2.24, 2.45) is 0 Å². The Morgan fingerprint density at radius 1 is 0.903 bits per heavy atom. The van der Waals surface area contributed by atoms with Gasteiger partial charge in [0.2, 0.25) is 0 Å². The Bertz CT molecular complexity index is 1730. The van der Waals surface area contributed by atoms with Gasteiger partial charge in [-0.25, -0.2) is 4.79 Å². The van der Waals surface area contributed by atoms with E-state index < -0.39 is 10.5 Å². The molecule has 1 N–H and O–H groups in total. The lowest BCUT2D eigenvalue weighted by Gasteiger charge is -2.13. The summed E-state index contributed by atoms with van der Waals surface area (Å²) in [6.45, 7) is 0. The van der Waals surface area contributed by atoms with Gasteiger partial charge >= 0.3 is 5.63 Å². The van der Waals surface area contributed by atoms with E-state index in [9.17, 15) is 14.9 Å². The van der Waals surface area contributed by atoms with Crippen molar-refractivity contribution in [3.05, 3.63) is 93.5 Å². The number of non-ortho nitro benzene ring substituents is 1. The van der Waals surface area contributed by atoms with Gasteiger partial charge in [-0.3, -0.25) is 15.1 Å². The summed E-state index contributed by atoms with van der Waals surface area (Å²) in [5.74, 6) is 0. The van der Waals surface area contributed by atoms with Crippen LogP contribution in [0.4, 0.5) is 5.69 Å². The summed E-state index contributed by atoms with van der Waals surface area (Å²) in [6, 6.07) is 19.3. The number of nitro benzene ring substituents is 1. The minimum Gasteiger partial charge on any atom is -0.422 e. The van der Waals surface area contributed by atoms with Crippen LogP contribution in [0.2, 0.25) is 0 Å². The highest BCUT2D eigenvalue weighted by molar-refractivity contribution is 6.19. The normalized spacial score (nSPS) is 11.6. The van der Waals surface area contributed by atoms with E-state index in [1.165, 1.54) is 12.1 Å². The number of hydrogen-bond acceptors (Lipinski definition) is 5. The first kappa shape index (κ1) is 17.3. The van der Waals surface area contributed by atoms with Crippen LogP contribution in [0.1, 0.15) is 0 Å². The molecule has 3 aromatic heterocycles. The summed E-state index contributed by atoms with van der Waals surface area (Å²) >= 11 is 0. The Hall–Kier alpha value is -4.52. The number of para-hydroxylation sites is 1. The van der Waals surface area contributed by atoms with E-state index in [1.807, 2.05) is 36.4 Å². The van der Waals surface area contributed by atoms with Crippen LogP contribution < -0.4 is 5.63 Å². The van der Waals surface area contributed by atoms with Gasteiger partial charge in [0, 0.05) is 40.1 Å². The van der Waals surface area contributed by atoms with E-state index >= 15 is 0 Å². The molecule has 7 heteroatoms. The molecule has 31 heavy (non-hydrogen) atoms. The van der Waals surface area contributed by atoms with E-state index in [4.69, 9.17) is 4.42 Å². The zero-order valence-electron chi connectivity index (χ0n) is 16.0. The summed E-state index contributed by atoms with van der Waals surface area (Å²) < 4.78 is 5.62. The average molecular weight is 407 g/mol. The molecular formula is C24H13N3O4. The van der Waals surface area contributed by atoms with Crippen LogP contribution in [0.25, 0.3) is 54.8 Å². The highest BCUT2D eigenvalue weighted by atomic mass is 16.6. The van der Waals surface area contributed by atoms with Gasteiger partial charge in [0.15, 0.2) is 0 Å². The molecule has 0 aliphatic heterocycles. The van der Waals surface area contributed by atoms with Crippen LogP contribution in [0, 0.1) is 10.1 Å². The standard InChI is InChI=1S/C24H13N3O4/c28-24-20-19(13-5-8-15(9-6-13)27(29)30)17-10-7-14-11-12-25-21(14)23(17)26-22(20)16-3-1-2-4-18(16)31-24/h1-12,26H. The number of rotatable bonds is 2. The van der Waals surface area contributed by atoms with Crippen LogP contribution in [-0.4, -0.2) is 14.9 Å². The fraction of sp³-hybridized carbons (Fsp3) is 0. The third-order valence-electron chi connectivity index (χ3n) is 5.62. The molecule has 0 atom stereocenters. The molecule has 0 bridgehead atoms. The number of pyridine rings is 1. The van der Waals surface area contributed by atoms with Gasteiger partial charge in [0.1, 0.15) is 5.58 Å². The first-order valence-corrected chi connectivity index (χ1v) is 9.61. The molecule has 0 spiro atoms. The third kappa shape index (κ3) is 2.47. The summed E-state index contributed by atoms with van der Waals surface area (Å²) in [5, 5.41) is 14.0. The second kappa shape index (κ2) is 6.24. The lowest BCUT2D eigenvalue weighted by molar-refractivity contribution is -0.384. The maximum atomic E-state index is 13.1. The van der Waals surface area contributed by atoms with Crippen molar-refractivity contribution < 1.29 is 9.34 Å². The van der Waals surface area contributed by atoms with Gasteiger partial charge < -0.3 is 9.40 Å². The van der Waals surface area contributed by atoms with E-state index in [2.05, 4.69) is 9.97 Å². The Morgan fingerprint density at radius 2 is 1.71 bits per heavy atom. The molecule has 0 amide bonds. The number of hydrogen-bond donors (Lipinski definition) is 1. The second-order valence-electron chi connectivity index (χ2n) is 7.31. The van der Waals surface area contributed by atoms with Crippen molar-refractivity contribution in [2.75, 3.05) is 0 Å². The smallest absolute Gasteiger partial charge is 0.346 e. The maximum absolute atomic E-state index is 13.1. The monoisotopic (exact) mass is 407 g/mol. The van der Waals surface area contributed by atoms with Gasteiger partial charge in [-0.15, -0.1) is 0 Å². The number of fused-ring (bicyclic) bond motifs is 6. The number of H-pyrrole nitrogens is 1. The first-order valence-electron chi connectivity index (χ1n) is 9.61. The molecule has 0 fully saturated rings. The molecule has 0 saturated heterocycles. The molecule has 0 aliphatic rings. The average Bonchev–Trinajstić information content (AvgIpc) is 3.27. The van der Waals surface area contributed by atoms with Gasteiger partial charge in [0.25, 0.3) is 5.69 Å². The van der Waals surface area contributed by atoms with Crippen LogP contribution in [0.5, 0.6) is 0 Å². The third-order valence-corrected chi connectivity index (χ3v) is 5.62. The molecule has 6 aromatic rings. The van der Waals surface area contributed by atoms with Crippen molar-refractivity contribution in [2.45, 2.75) is 0 Å². The summed E-state index contributed by atoms with van der Waals surface area (Å²) in [4.78, 5) is 31.7. The van der Waals surface area contributed by atoms with Crippen molar-refractivity contribution in [3.63, 3.8) is 0 Å². The fourth-order valence-corrected chi connectivity index (χ4v) is 4.22. The van der Waals surface area contributed by atoms with Gasteiger partial charge in [-0.2, -0.15) is 0 Å². The van der Waals surface area contributed by atoms with E-state index in [0.29, 0.717) is 27.6 Å². The molecule has 7 nitrogen and oxygen atoms in total. The number of aromatic nitrogens is 2. The predicted molar refractivity (Wildman–Crippen MR) is 119 cm³/mol. The molecule has 0 aliphatic carbocycles. The molecule has 0 saturated carbocycles. The van der Waals surface area contributed by atoms with Crippen LogP contribution in [0.3, 0.4) is 0 Å². The SMILES string of the molecule is O=c1oc2ccccc2c2[nH]c3c(ccc4ccnc43)c(-c3ccc([N+](=O)[O-])cc3)c12. The molecular weight excluding hydrogens is 394 g/mol. The minimum absolute atomic E-state index is 0.0163. The molecule has 148 valence electrons. The van der Waals surface area contributed by atoms with Crippen molar-refractivity contribution in [3.8, 4) is 11.1 Å². The zero-order chi connectivity index (χ0) is 21.1. The fourth-order valence-electron chi connectivity index (χ4n) is 4.22. The molecule has 6 rings (SSSR count). The Labute approximate surface area is 173 Å². The van der Waals surface area contributed by atoms with Gasteiger partial charge in [-0.05, 0) is 35.9 Å². The lowest BCUT2D eigenvalue weighted by atomic mass is 9.95. The van der Waals surface area contributed by atoms with Crippen LogP contribution in [0.15, 0.2) is 82.1 Å². The number of nitrogens with one attached hydrogen (secondary N) is 1. The lowest BCUT2D eigenvalue weighted by Crippen LogP contribution is -2.04. The largest absolute Gasteiger partial charge is 0.422 e. The highest BCUT2D eigenvalue weighted by Gasteiger charge is 2.19. The van der Waals surface area contributed by atoms with Crippen molar-refractivity contribution in [1.29, 1.82) is 0 Å². The molecule has 0 radical (unpaired) electrons. The summed E-state index contributed by atoms with van der Waals surface area (Å²) in [6.07, 6.45) is 1.74. The van der Waals surface area contributed by atoms with Crippen LogP contribution >= 0.6 is 0 Å². The number of nitrogens with zero attached hydrogens (tertiary/aromatic N) is 2. The number of aromatic amines is 1. The zero-order valence-corrected chi connectivity index (χ0v) is 16.0. The Kier molecular flexibility index (Phi) is 3.49. The summed E-state index contributed by atoms with van der Waals surface area (Å²) in [5.41, 5.74) is 3.55. The molecule has 3 heterocycles. The minimum atomic E-state index is -0.476. The van der Waals surface area contributed by atoms with E-state index in [0.717, 1.165) is 27.2 Å². The second-order valence-corrected chi connectivity index (χ2v) is 7.31. The summed E-state index contributed by atoms with van der Waals surface area (Å²) in [7, 11) is 0. The predicted octanol–water partition coefficient (Wildman–Crippen LogP) is 5.55. The van der Waals surface area contributed by atoms with Gasteiger partial charge in [0.05, 0.1) is 26.9 Å².